The highest BCUT2D eigenvalue weighted by Gasteiger charge is 2.29. The molecule has 1 aliphatic rings. The Morgan fingerprint density at radius 3 is 2.33 bits per heavy atom. The first-order valence-corrected chi connectivity index (χ1v) is 10.7. The van der Waals surface area contributed by atoms with E-state index in [9.17, 15) is 14.7 Å². The topological polar surface area (TPSA) is 88.8 Å². The summed E-state index contributed by atoms with van der Waals surface area (Å²) in [6.45, 7) is 0.147. The van der Waals surface area contributed by atoms with Gasteiger partial charge in [0.2, 0.25) is 0 Å². The van der Waals surface area contributed by atoms with Gasteiger partial charge in [-0.25, -0.2) is 9.59 Å². The Bertz CT molecular complexity index is 988. The van der Waals surface area contributed by atoms with Gasteiger partial charge >= 0.3 is 12.1 Å². The number of carboxylic acids is 1. The van der Waals surface area contributed by atoms with Crippen molar-refractivity contribution in [2.45, 2.75) is 17.7 Å². The maximum atomic E-state index is 12.3. The minimum absolute atomic E-state index is 0.0677. The summed E-state index contributed by atoms with van der Waals surface area (Å²) in [6.07, 6.45) is 2.45. The van der Waals surface area contributed by atoms with E-state index in [0.717, 1.165) is 27.8 Å². The molecule has 7 heteroatoms. The fraction of sp³-hybridized carbons (Fsp3) is 0.217. The van der Waals surface area contributed by atoms with Gasteiger partial charge in [0.05, 0.1) is 12.5 Å². The molecule has 0 aliphatic heterocycles. The van der Waals surface area contributed by atoms with Crippen molar-refractivity contribution >= 4 is 23.8 Å². The highest BCUT2D eigenvalue weighted by molar-refractivity contribution is 7.98. The second kappa shape index (κ2) is 9.09. The van der Waals surface area contributed by atoms with Gasteiger partial charge in [-0.2, -0.15) is 11.8 Å². The number of carbonyl (C=O) groups is 2. The molecule has 154 valence electrons. The van der Waals surface area contributed by atoms with E-state index in [0.29, 0.717) is 5.75 Å². The summed E-state index contributed by atoms with van der Waals surface area (Å²) in [5.41, 5.74) is 5.46. The van der Waals surface area contributed by atoms with Crippen LogP contribution in [-0.2, 0) is 15.3 Å². The number of rotatable bonds is 8. The van der Waals surface area contributed by atoms with Gasteiger partial charge in [-0.15, -0.1) is 0 Å². The van der Waals surface area contributed by atoms with E-state index in [1.165, 1.54) is 11.8 Å². The molecule has 0 bridgehead atoms. The molecule has 3 aromatic rings. The molecule has 1 unspecified atom stereocenters. The fourth-order valence-electron chi connectivity index (χ4n) is 3.63. The fourth-order valence-corrected chi connectivity index (χ4v) is 4.61. The van der Waals surface area contributed by atoms with Crippen molar-refractivity contribution in [2.24, 2.45) is 0 Å². The summed E-state index contributed by atoms with van der Waals surface area (Å²) in [7, 11) is 0. The molecule has 30 heavy (non-hydrogen) atoms. The number of benzene rings is 2. The predicted octanol–water partition coefficient (Wildman–Crippen LogP) is 4.50. The lowest BCUT2D eigenvalue weighted by Gasteiger charge is -2.17. The number of alkyl carbamates (subject to hydrolysis) is 1. The second-order valence-corrected chi connectivity index (χ2v) is 8.04. The van der Waals surface area contributed by atoms with E-state index in [4.69, 9.17) is 9.15 Å². The van der Waals surface area contributed by atoms with Crippen molar-refractivity contribution in [1.82, 2.24) is 5.32 Å². The normalized spacial score (nSPS) is 13.3. The number of hydrogen-bond donors (Lipinski definition) is 2. The summed E-state index contributed by atoms with van der Waals surface area (Å²) in [4.78, 5) is 23.8. The van der Waals surface area contributed by atoms with E-state index < -0.39 is 18.1 Å². The quantitative estimate of drug-likeness (QED) is 0.554. The molecule has 6 nitrogen and oxygen atoms in total. The van der Waals surface area contributed by atoms with Crippen LogP contribution >= 0.6 is 11.8 Å². The van der Waals surface area contributed by atoms with Crippen LogP contribution < -0.4 is 5.32 Å². The van der Waals surface area contributed by atoms with Crippen molar-refractivity contribution < 1.29 is 23.8 Å². The number of fused-ring (bicyclic) bond motifs is 3. The molecule has 1 atom stereocenters. The average Bonchev–Trinajstić information content (AvgIpc) is 3.38. The van der Waals surface area contributed by atoms with Crippen LogP contribution in [0.1, 0.15) is 22.6 Å². The zero-order valence-electron chi connectivity index (χ0n) is 16.1. The van der Waals surface area contributed by atoms with E-state index in [-0.39, 0.29) is 18.3 Å². The molecule has 0 saturated carbocycles. The average molecular weight is 423 g/mol. The molecule has 0 radical (unpaired) electrons. The monoisotopic (exact) mass is 423 g/mol. The lowest BCUT2D eigenvalue weighted by molar-refractivity contribution is -0.138. The lowest BCUT2D eigenvalue weighted by atomic mass is 9.98. The Morgan fingerprint density at radius 2 is 1.73 bits per heavy atom. The van der Waals surface area contributed by atoms with Gasteiger partial charge in [0, 0.05) is 23.0 Å². The predicted molar refractivity (Wildman–Crippen MR) is 114 cm³/mol. The highest BCUT2D eigenvalue weighted by atomic mass is 32.2. The van der Waals surface area contributed by atoms with Crippen LogP contribution in [0.25, 0.3) is 11.1 Å². The number of ether oxygens (including phenoxy) is 1. The molecular weight excluding hydrogens is 402 g/mol. The minimum atomic E-state index is -1.09. The zero-order valence-corrected chi connectivity index (χ0v) is 16.9. The first kappa shape index (κ1) is 20.1. The van der Waals surface area contributed by atoms with Crippen molar-refractivity contribution in [3.8, 4) is 11.1 Å². The zero-order chi connectivity index (χ0) is 20.9. The number of aliphatic carboxylic acids is 1. The van der Waals surface area contributed by atoms with E-state index >= 15 is 0 Å². The Kier molecular flexibility index (Phi) is 6.09. The van der Waals surface area contributed by atoms with Gasteiger partial charge in [-0.3, -0.25) is 0 Å². The largest absolute Gasteiger partial charge is 0.480 e. The second-order valence-electron chi connectivity index (χ2n) is 7.01. The van der Waals surface area contributed by atoms with Crippen molar-refractivity contribution in [3.63, 3.8) is 0 Å². The third kappa shape index (κ3) is 4.36. The summed E-state index contributed by atoms with van der Waals surface area (Å²) in [5.74, 6) is -0.331. The first-order chi connectivity index (χ1) is 14.6. The van der Waals surface area contributed by atoms with Crippen LogP contribution in [0.5, 0.6) is 0 Å². The Balaban J connectivity index is 1.35. The summed E-state index contributed by atoms with van der Waals surface area (Å²) >= 11 is 1.40. The number of thioether (sulfide) groups is 1. The van der Waals surface area contributed by atoms with Crippen molar-refractivity contribution in [3.05, 3.63) is 83.8 Å². The number of furan rings is 1. The van der Waals surface area contributed by atoms with Crippen molar-refractivity contribution in [1.29, 1.82) is 0 Å². The first-order valence-electron chi connectivity index (χ1n) is 9.56. The van der Waals surface area contributed by atoms with Crippen LogP contribution in [0.3, 0.4) is 0 Å². The number of amides is 1. The van der Waals surface area contributed by atoms with Gasteiger partial charge in [0.1, 0.15) is 12.6 Å². The molecule has 2 aromatic carbocycles. The number of carbonyl (C=O) groups excluding carboxylic acids is 1. The maximum Gasteiger partial charge on any atom is 0.407 e. The summed E-state index contributed by atoms with van der Waals surface area (Å²) in [6, 6.07) is 16.9. The SMILES string of the molecule is O=C(NC(CSCc1ccoc1)C(=O)O)OCC1c2ccccc2-c2ccccc21. The molecule has 4 rings (SSSR count). The lowest BCUT2D eigenvalue weighted by Crippen LogP contribution is -2.43. The molecule has 0 saturated heterocycles. The Morgan fingerprint density at radius 1 is 1.07 bits per heavy atom. The van der Waals surface area contributed by atoms with Crippen LogP contribution in [0, 0.1) is 0 Å². The smallest absolute Gasteiger partial charge is 0.407 e. The molecule has 0 spiro atoms. The molecule has 1 amide bonds. The van der Waals surface area contributed by atoms with Gasteiger partial charge in [0.25, 0.3) is 0 Å². The van der Waals surface area contributed by atoms with Gasteiger partial charge in [-0.05, 0) is 28.3 Å². The van der Waals surface area contributed by atoms with Crippen LogP contribution in [0.4, 0.5) is 4.79 Å². The highest BCUT2D eigenvalue weighted by Crippen LogP contribution is 2.44. The summed E-state index contributed by atoms with van der Waals surface area (Å²) in [5, 5.41) is 11.9. The van der Waals surface area contributed by atoms with E-state index in [2.05, 4.69) is 17.4 Å². The van der Waals surface area contributed by atoms with Crippen LogP contribution in [-0.4, -0.2) is 35.6 Å². The Hall–Kier alpha value is -3.19. The molecule has 1 aromatic heterocycles. The van der Waals surface area contributed by atoms with E-state index in [1.54, 1.807) is 12.5 Å². The standard InChI is InChI=1S/C23H21NO5S/c25-22(26)21(14-30-13-15-9-10-28-11-15)24-23(27)29-12-20-18-7-3-1-5-16(18)17-6-2-4-8-19(17)20/h1-11,20-21H,12-14H2,(H,24,27)(H,25,26). The number of carboxylic acid groups (broad SMARTS) is 1. The van der Waals surface area contributed by atoms with Crippen LogP contribution in [0.2, 0.25) is 0 Å². The molecule has 2 N–H and O–H groups in total. The van der Waals surface area contributed by atoms with Gasteiger partial charge < -0.3 is 19.6 Å². The molecule has 1 aliphatic carbocycles. The van der Waals surface area contributed by atoms with Crippen molar-refractivity contribution in [2.75, 3.05) is 12.4 Å². The summed E-state index contributed by atoms with van der Waals surface area (Å²) < 4.78 is 10.4. The minimum Gasteiger partial charge on any atom is -0.480 e. The maximum absolute atomic E-state index is 12.3. The Labute approximate surface area is 178 Å². The van der Waals surface area contributed by atoms with Gasteiger partial charge in [0.15, 0.2) is 0 Å². The number of hydrogen-bond acceptors (Lipinski definition) is 5. The number of nitrogens with one attached hydrogen (secondary N) is 1. The van der Waals surface area contributed by atoms with Gasteiger partial charge in [-0.1, -0.05) is 48.5 Å². The molecule has 1 heterocycles. The van der Waals surface area contributed by atoms with E-state index in [1.807, 2.05) is 42.5 Å². The third-order valence-electron chi connectivity index (χ3n) is 5.07. The molecular formula is C23H21NO5S. The third-order valence-corrected chi connectivity index (χ3v) is 6.17. The molecule has 0 fully saturated rings. The van der Waals surface area contributed by atoms with Crippen LogP contribution in [0.15, 0.2) is 71.5 Å².